The van der Waals surface area contributed by atoms with E-state index in [2.05, 4.69) is 21.2 Å². The average molecular weight is 342 g/mol. The molecule has 4 nitrogen and oxygen atoms in total. The van der Waals surface area contributed by atoms with E-state index in [0.717, 1.165) is 22.9 Å². The lowest BCUT2D eigenvalue weighted by atomic mass is 9.94. The van der Waals surface area contributed by atoms with E-state index in [1.807, 2.05) is 19.1 Å². The molecule has 1 aliphatic rings. The molecule has 1 amide bonds. The van der Waals surface area contributed by atoms with Crippen LogP contribution < -0.4 is 5.32 Å². The molecule has 1 atom stereocenters. The van der Waals surface area contributed by atoms with Crippen molar-refractivity contribution in [2.75, 3.05) is 19.8 Å². The van der Waals surface area contributed by atoms with E-state index in [4.69, 9.17) is 4.74 Å². The number of halogens is 1. The van der Waals surface area contributed by atoms with Gasteiger partial charge in [-0.2, -0.15) is 0 Å². The van der Waals surface area contributed by atoms with Crippen LogP contribution in [-0.4, -0.2) is 36.9 Å². The fourth-order valence-electron chi connectivity index (χ4n) is 2.40. The highest BCUT2D eigenvalue weighted by molar-refractivity contribution is 9.10. The number of amides is 1. The second-order valence-electron chi connectivity index (χ2n) is 5.19. The maximum Gasteiger partial charge on any atom is 0.251 e. The Labute approximate surface area is 127 Å². The van der Waals surface area contributed by atoms with Crippen LogP contribution in [0.25, 0.3) is 0 Å². The SMILES string of the molecule is Cc1ccc(Br)cc1C(=O)NC[C@H](O)C1CCOCC1. The van der Waals surface area contributed by atoms with Crippen LogP contribution in [0.3, 0.4) is 0 Å². The maximum absolute atomic E-state index is 12.1. The lowest BCUT2D eigenvalue weighted by molar-refractivity contribution is 0.00872. The van der Waals surface area contributed by atoms with Gasteiger partial charge in [-0.25, -0.2) is 0 Å². The minimum absolute atomic E-state index is 0.144. The zero-order chi connectivity index (χ0) is 14.5. The number of aryl methyl sites for hydroxylation is 1. The molecular formula is C15H20BrNO3. The molecule has 2 N–H and O–H groups in total. The minimum atomic E-state index is -0.504. The Morgan fingerprint density at radius 3 is 2.90 bits per heavy atom. The Balaban J connectivity index is 1.89. The molecule has 1 heterocycles. The number of hydrogen-bond acceptors (Lipinski definition) is 3. The van der Waals surface area contributed by atoms with Gasteiger partial charge in [-0.05, 0) is 43.4 Å². The van der Waals surface area contributed by atoms with Crippen LogP contribution in [-0.2, 0) is 4.74 Å². The Bertz CT molecular complexity index is 472. The van der Waals surface area contributed by atoms with Gasteiger partial charge in [-0.1, -0.05) is 22.0 Å². The van der Waals surface area contributed by atoms with E-state index in [-0.39, 0.29) is 18.4 Å². The van der Waals surface area contributed by atoms with E-state index in [0.29, 0.717) is 18.8 Å². The first kappa shape index (κ1) is 15.5. The molecule has 0 saturated carbocycles. The van der Waals surface area contributed by atoms with E-state index < -0.39 is 6.10 Å². The highest BCUT2D eigenvalue weighted by atomic mass is 79.9. The van der Waals surface area contributed by atoms with Gasteiger partial charge in [0.1, 0.15) is 0 Å². The third kappa shape index (κ3) is 4.04. The number of nitrogens with one attached hydrogen (secondary N) is 1. The Hall–Kier alpha value is -0.910. The van der Waals surface area contributed by atoms with Crippen molar-refractivity contribution < 1.29 is 14.6 Å². The minimum Gasteiger partial charge on any atom is -0.391 e. The summed E-state index contributed by atoms with van der Waals surface area (Å²) in [6.45, 7) is 3.58. The fraction of sp³-hybridized carbons (Fsp3) is 0.533. The van der Waals surface area contributed by atoms with Gasteiger partial charge in [-0.3, -0.25) is 4.79 Å². The number of hydrogen-bond donors (Lipinski definition) is 2. The first-order chi connectivity index (χ1) is 9.58. The summed E-state index contributed by atoms with van der Waals surface area (Å²) >= 11 is 3.36. The zero-order valence-corrected chi connectivity index (χ0v) is 13.1. The normalized spacial score (nSPS) is 17.8. The van der Waals surface area contributed by atoms with Gasteiger partial charge in [0.2, 0.25) is 0 Å². The third-order valence-electron chi connectivity index (χ3n) is 3.73. The van der Waals surface area contributed by atoms with Crippen molar-refractivity contribution in [3.8, 4) is 0 Å². The third-order valence-corrected chi connectivity index (χ3v) is 4.22. The molecule has 0 aromatic heterocycles. The molecule has 0 bridgehead atoms. The molecule has 0 spiro atoms. The molecule has 0 unspecified atom stereocenters. The number of benzene rings is 1. The Morgan fingerprint density at radius 1 is 1.50 bits per heavy atom. The van der Waals surface area contributed by atoms with Crippen LogP contribution in [0.4, 0.5) is 0 Å². The zero-order valence-electron chi connectivity index (χ0n) is 11.6. The quantitative estimate of drug-likeness (QED) is 0.883. The number of ether oxygens (including phenoxy) is 1. The number of rotatable bonds is 4. The number of carbonyl (C=O) groups excluding carboxylic acids is 1. The molecule has 0 radical (unpaired) electrons. The van der Waals surface area contributed by atoms with Gasteiger partial charge < -0.3 is 15.2 Å². The second kappa shape index (κ2) is 7.20. The van der Waals surface area contributed by atoms with Crippen molar-refractivity contribution in [1.29, 1.82) is 0 Å². The second-order valence-corrected chi connectivity index (χ2v) is 6.10. The van der Waals surface area contributed by atoms with Gasteiger partial charge in [-0.15, -0.1) is 0 Å². The predicted octanol–water partition coefficient (Wildman–Crippen LogP) is 2.27. The van der Waals surface area contributed by atoms with Crippen molar-refractivity contribution in [3.05, 3.63) is 33.8 Å². The standard InChI is InChI=1S/C15H20BrNO3/c1-10-2-3-12(16)8-13(10)15(19)17-9-14(18)11-4-6-20-7-5-11/h2-3,8,11,14,18H,4-7,9H2,1H3,(H,17,19)/t14-/m0/s1. The van der Waals surface area contributed by atoms with Crippen LogP contribution >= 0.6 is 15.9 Å². The topological polar surface area (TPSA) is 58.6 Å². The molecule has 1 saturated heterocycles. The first-order valence-corrected chi connectivity index (χ1v) is 7.67. The molecule has 1 fully saturated rings. The smallest absolute Gasteiger partial charge is 0.251 e. The van der Waals surface area contributed by atoms with Crippen molar-refractivity contribution >= 4 is 21.8 Å². The summed E-state index contributed by atoms with van der Waals surface area (Å²) in [6, 6.07) is 5.60. The van der Waals surface area contributed by atoms with Crippen LogP contribution in [0.15, 0.2) is 22.7 Å². The van der Waals surface area contributed by atoms with Gasteiger partial charge in [0.15, 0.2) is 0 Å². The van der Waals surface area contributed by atoms with Crippen molar-refractivity contribution in [3.63, 3.8) is 0 Å². The van der Waals surface area contributed by atoms with Crippen molar-refractivity contribution in [1.82, 2.24) is 5.32 Å². The summed E-state index contributed by atoms with van der Waals surface area (Å²) in [5, 5.41) is 12.9. The molecule has 0 aliphatic carbocycles. The van der Waals surface area contributed by atoms with E-state index in [1.165, 1.54) is 0 Å². The summed E-state index contributed by atoms with van der Waals surface area (Å²) in [6.07, 6.45) is 1.20. The van der Waals surface area contributed by atoms with Crippen molar-refractivity contribution in [2.45, 2.75) is 25.9 Å². The van der Waals surface area contributed by atoms with E-state index in [9.17, 15) is 9.90 Å². The summed E-state index contributed by atoms with van der Waals surface area (Å²) in [4.78, 5) is 12.1. The molecule has 1 aromatic carbocycles. The lowest BCUT2D eigenvalue weighted by Gasteiger charge is -2.26. The molecular weight excluding hydrogens is 322 g/mol. The molecule has 5 heteroatoms. The Kier molecular flexibility index (Phi) is 5.57. The fourth-order valence-corrected chi connectivity index (χ4v) is 2.76. The molecule has 1 aromatic rings. The molecule has 2 rings (SSSR count). The summed E-state index contributed by atoms with van der Waals surface area (Å²) in [5.74, 6) is 0.0718. The maximum atomic E-state index is 12.1. The first-order valence-electron chi connectivity index (χ1n) is 6.88. The monoisotopic (exact) mass is 341 g/mol. The van der Waals surface area contributed by atoms with Gasteiger partial charge in [0, 0.05) is 29.8 Å². The Morgan fingerprint density at radius 2 is 2.20 bits per heavy atom. The number of carbonyl (C=O) groups is 1. The number of aliphatic hydroxyl groups excluding tert-OH is 1. The van der Waals surface area contributed by atoms with Crippen LogP contribution in [0.1, 0.15) is 28.8 Å². The highest BCUT2D eigenvalue weighted by Crippen LogP contribution is 2.19. The van der Waals surface area contributed by atoms with Crippen molar-refractivity contribution in [2.24, 2.45) is 5.92 Å². The number of aliphatic hydroxyl groups is 1. The van der Waals surface area contributed by atoms with Crippen LogP contribution in [0, 0.1) is 12.8 Å². The summed E-state index contributed by atoms with van der Waals surface area (Å²) < 4.78 is 6.14. The molecule has 110 valence electrons. The van der Waals surface area contributed by atoms with E-state index in [1.54, 1.807) is 6.07 Å². The van der Waals surface area contributed by atoms with E-state index >= 15 is 0 Å². The largest absolute Gasteiger partial charge is 0.391 e. The van der Waals surface area contributed by atoms with Gasteiger partial charge >= 0.3 is 0 Å². The summed E-state index contributed by atoms with van der Waals surface area (Å²) in [7, 11) is 0. The average Bonchev–Trinajstić information content (AvgIpc) is 2.47. The summed E-state index contributed by atoms with van der Waals surface area (Å²) in [5.41, 5.74) is 1.56. The highest BCUT2D eigenvalue weighted by Gasteiger charge is 2.22. The molecule has 20 heavy (non-hydrogen) atoms. The van der Waals surface area contributed by atoms with Gasteiger partial charge in [0.25, 0.3) is 5.91 Å². The van der Waals surface area contributed by atoms with Crippen LogP contribution in [0.5, 0.6) is 0 Å². The van der Waals surface area contributed by atoms with Gasteiger partial charge in [0.05, 0.1) is 6.10 Å². The molecule has 1 aliphatic heterocycles. The lowest BCUT2D eigenvalue weighted by Crippen LogP contribution is -2.38. The van der Waals surface area contributed by atoms with Crippen LogP contribution in [0.2, 0.25) is 0 Å². The predicted molar refractivity (Wildman–Crippen MR) is 80.8 cm³/mol.